The Morgan fingerprint density at radius 1 is 1.33 bits per heavy atom. The lowest BCUT2D eigenvalue weighted by molar-refractivity contribution is -0.131. The van der Waals surface area contributed by atoms with E-state index < -0.39 is 11.6 Å². The molecule has 0 saturated carbocycles. The Morgan fingerprint density at radius 3 is 2.50 bits per heavy atom. The van der Waals surface area contributed by atoms with E-state index >= 15 is 0 Å². The number of carboxylic acid groups (broad SMARTS) is 1. The van der Waals surface area contributed by atoms with Gasteiger partial charge in [-0.1, -0.05) is 48.1 Å². The van der Waals surface area contributed by atoms with Gasteiger partial charge in [-0.05, 0) is 19.4 Å². The van der Waals surface area contributed by atoms with Crippen molar-refractivity contribution >= 4 is 12.0 Å². The molecule has 96 valence electrons. The number of aliphatic carboxylic acids is 1. The molecule has 1 atom stereocenters. The lowest BCUT2D eigenvalue weighted by Crippen LogP contribution is -2.21. The molecule has 1 rings (SSSR count). The zero-order valence-corrected chi connectivity index (χ0v) is 10.6. The Balaban J connectivity index is 2.70. The minimum absolute atomic E-state index is 0.294. The first-order valence-electron chi connectivity index (χ1n) is 5.76. The van der Waals surface area contributed by atoms with Gasteiger partial charge in [0.1, 0.15) is 0 Å². The third kappa shape index (κ3) is 5.46. The smallest absolute Gasteiger partial charge is 0.328 e. The second-order valence-electron chi connectivity index (χ2n) is 4.61. The van der Waals surface area contributed by atoms with E-state index in [-0.39, 0.29) is 0 Å². The van der Waals surface area contributed by atoms with E-state index in [1.165, 1.54) is 0 Å². The highest BCUT2D eigenvalue weighted by molar-refractivity contribution is 5.80. The van der Waals surface area contributed by atoms with Crippen molar-refractivity contribution in [1.82, 2.24) is 0 Å². The van der Waals surface area contributed by atoms with Crippen LogP contribution in [0.1, 0.15) is 25.8 Å². The van der Waals surface area contributed by atoms with E-state index in [0.717, 1.165) is 11.6 Å². The number of carboxylic acids is 1. The largest absolute Gasteiger partial charge is 0.478 e. The quantitative estimate of drug-likeness (QED) is 0.785. The molecule has 0 saturated heterocycles. The Kier molecular flexibility index (Phi) is 4.86. The molecule has 3 heteroatoms. The van der Waals surface area contributed by atoms with Gasteiger partial charge in [-0.15, -0.1) is 0 Å². The summed E-state index contributed by atoms with van der Waals surface area (Å²) in [4.78, 5) is 10.5. The summed E-state index contributed by atoms with van der Waals surface area (Å²) in [5.41, 5.74) is 0.578. The van der Waals surface area contributed by atoms with Crippen LogP contribution in [0.4, 0.5) is 0 Å². The molecule has 0 aliphatic carbocycles. The molecule has 1 aromatic rings. The molecule has 2 N–H and O–H groups in total. The number of hydrogen-bond donors (Lipinski definition) is 2. The summed E-state index contributed by atoms with van der Waals surface area (Å²) in [6, 6.07) is 9.64. The molecule has 18 heavy (non-hydrogen) atoms. The molecule has 0 aromatic heterocycles. The van der Waals surface area contributed by atoms with Crippen molar-refractivity contribution in [2.45, 2.75) is 25.9 Å². The fraction of sp³-hybridized carbons (Fsp3) is 0.267. The fourth-order valence-corrected chi connectivity index (χ4v) is 1.73. The van der Waals surface area contributed by atoms with Crippen molar-refractivity contribution < 1.29 is 15.0 Å². The summed E-state index contributed by atoms with van der Waals surface area (Å²) in [5.74, 6) is -0.990. The molecular formula is C15H18O3. The summed E-state index contributed by atoms with van der Waals surface area (Å²) in [6.45, 7) is 3.35. The lowest BCUT2D eigenvalue weighted by atomic mass is 9.96. The van der Waals surface area contributed by atoms with Crippen LogP contribution in [-0.4, -0.2) is 21.8 Å². The van der Waals surface area contributed by atoms with Gasteiger partial charge in [0.25, 0.3) is 0 Å². The van der Waals surface area contributed by atoms with Gasteiger partial charge in [0.2, 0.25) is 0 Å². The monoisotopic (exact) mass is 246 g/mol. The molecule has 1 aromatic carbocycles. The molecule has 0 spiro atoms. The highest BCUT2D eigenvalue weighted by atomic mass is 16.4. The van der Waals surface area contributed by atoms with Crippen LogP contribution in [0.2, 0.25) is 0 Å². The lowest BCUT2D eigenvalue weighted by Gasteiger charge is -2.19. The van der Waals surface area contributed by atoms with Gasteiger partial charge in [-0.3, -0.25) is 0 Å². The van der Waals surface area contributed by atoms with Crippen LogP contribution >= 0.6 is 0 Å². The first-order valence-corrected chi connectivity index (χ1v) is 5.76. The normalized spacial score (nSPS) is 15.6. The first kappa shape index (κ1) is 14.2. The fourth-order valence-electron chi connectivity index (χ4n) is 1.73. The van der Waals surface area contributed by atoms with E-state index in [1.54, 1.807) is 19.9 Å². The first-order chi connectivity index (χ1) is 8.39. The maximum atomic E-state index is 10.5. The molecule has 3 nitrogen and oxygen atoms in total. The van der Waals surface area contributed by atoms with Gasteiger partial charge in [0.05, 0.1) is 5.60 Å². The van der Waals surface area contributed by atoms with Crippen molar-refractivity contribution in [2.75, 3.05) is 0 Å². The molecule has 1 unspecified atom stereocenters. The SMILES string of the molecule is C/C(=C\C(=O)O)CC(C)(O)/C=C/c1ccccc1. The van der Waals surface area contributed by atoms with Crippen LogP contribution in [0.15, 0.2) is 48.1 Å². The van der Waals surface area contributed by atoms with Crippen LogP contribution < -0.4 is 0 Å². The molecule has 0 aliphatic rings. The zero-order chi connectivity index (χ0) is 13.6. The minimum Gasteiger partial charge on any atom is -0.478 e. The Hall–Kier alpha value is -1.87. The van der Waals surface area contributed by atoms with Crippen LogP contribution in [0.25, 0.3) is 6.08 Å². The van der Waals surface area contributed by atoms with E-state index in [1.807, 2.05) is 36.4 Å². The minimum atomic E-state index is -1.05. The number of carbonyl (C=O) groups is 1. The Bertz CT molecular complexity index is 456. The van der Waals surface area contributed by atoms with Crippen molar-refractivity contribution in [2.24, 2.45) is 0 Å². The zero-order valence-electron chi connectivity index (χ0n) is 10.6. The van der Waals surface area contributed by atoms with Crippen LogP contribution in [0, 0.1) is 0 Å². The molecule has 0 fully saturated rings. The predicted molar refractivity (Wildman–Crippen MR) is 72.1 cm³/mol. The number of benzene rings is 1. The molecule has 0 amide bonds. The summed E-state index contributed by atoms with van der Waals surface area (Å²) in [7, 11) is 0. The van der Waals surface area contributed by atoms with Crippen molar-refractivity contribution in [1.29, 1.82) is 0 Å². The van der Waals surface area contributed by atoms with Gasteiger partial charge >= 0.3 is 5.97 Å². The van der Waals surface area contributed by atoms with E-state index in [2.05, 4.69) is 0 Å². The average Bonchev–Trinajstić information content (AvgIpc) is 2.26. The Morgan fingerprint density at radius 2 is 1.94 bits per heavy atom. The van der Waals surface area contributed by atoms with E-state index in [9.17, 15) is 9.90 Å². The highest BCUT2D eigenvalue weighted by Crippen LogP contribution is 2.19. The maximum Gasteiger partial charge on any atom is 0.328 e. The van der Waals surface area contributed by atoms with Gasteiger partial charge in [0, 0.05) is 12.5 Å². The third-order valence-corrected chi connectivity index (χ3v) is 2.44. The van der Waals surface area contributed by atoms with E-state index in [4.69, 9.17) is 5.11 Å². The van der Waals surface area contributed by atoms with E-state index in [0.29, 0.717) is 12.0 Å². The Labute approximate surface area is 107 Å². The molecule has 0 aliphatic heterocycles. The second-order valence-corrected chi connectivity index (χ2v) is 4.61. The van der Waals surface area contributed by atoms with Gasteiger partial charge in [-0.25, -0.2) is 4.79 Å². The van der Waals surface area contributed by atoms with Gasteiger partial charge in [0.15, 0.2) is 0 Å². The van der Waals surface area contributed by atoms with Gasteiger partial charge < -0.3 is 10.2 Å². The maximum absolute atomic E-state index is 10.5. The van der Waals surface area contributed by atoms with Crippen molar-refractivity contribution in [3.63, 3.8) is 0 Å². The standard InChI is InChI=1S/C15H18O3/c1-12(10-14(16)17)11-15(2,18)9-8-13-6-4-3-5-7-13/h3-10,18H,11H2,1-2H3,(H,16,17)/b9-8+,12-10+. The number of hydrogen-bond acceptors (Lipinski definition) is 2. The summed E-state index contributed by atoms with van der Waals surface area (Å²) in [5, 5.41) is 18.8. The molecule has 0 heterocycles. The van der Waals surface area contributed by atoms with Gasteiger partial charge in [-0.2, -0.15) is 0 Å². The highest BCUT2D eigenvalue weighted by Gasteiger charge is 2.17. The average molecular weight is 246 g/mol. The summed E-state index contributed by atoms with van der Waals surface area (Å²) >= 11 is 0. The molecule has 0 radical (unpaired) electrons. The van der Waals surface area contributed by atoms with Crippen LogP contribution in [0.5, 0.6) is 0 Å². The van der Waals surface area contributed by atoms with Crippen LogP contribution in [0.3, 0.4) is 0 Å². The topological polar surface area (TPSA) is 57.5 Å². The predicted octanol–water partition coefficient (Wildman–Crippen LogP) is 2.87. The molecular weight excluding hydrogens is 228 g/mol. The number of aliphatic hydroxyl groups is 1. The van der Waals surface area contributed by atoms with Crippen LogP contribution in [-0.2, 0) is 4.79 Å². The molecule has 0 bridgehead atoms. The van der Waals surface area contributed by atoms with Crippen molar-refractivity contribution in [3.8, 4) is 0 Å². The summed E-state index contributed by atoms with van der Waals surface area (Å²) < 4.78 is 0. The second kappa shape index (κ2) is 6.17. The summed E-state index contributed by atoms with van der Waals surface area (Å²) in [6.07, 6.45) is 4.92. The number of rotatable bonds is 5. The van der Waals surface area contributed by atoms with Crippen molar-refractivity contribution in [3.05, 3.63) is 53.6 Å². The third-order valence-electron chi connectivity index (χ3n) is 2.44.